The minimum atomic E-state index is -3.94. The second-order valence-corrected chi connectivity index (χ2v) is 10.4. The zero-order valence-corrected chi connectivity index (χ0v) is 20.7. The summed E-state index contributed by atoms with van der Waals surface area (Å²) >= 11 is 0. The van der Waals surface area contributed by atoms with Gasteiger partial charge in [-0.05, 0) is 37.1 Å². The molecule has 1 N–H and O–H groups in total. The number of fused-ring (bicyclic) bond motifs is 1. The Balaban J connectivity index is 1.66. The molecule has 1 atom stereocenters. The van der Waals surface area contributed by atoms with Gasteiger partial charge in [0.05, 0.1) is 36.8 Å². The van der Waals surface area contributed by atoms with Crippen molar-refractivity contribution in [1.82, 2.24) is 9.62 Å². The third kappa shape index (κ3) is 4.78. The highest BCUT2D eigenvalue weighted by atomic mass is 32.2. The van der Waals surface area contributed by atoms with Crippen LogP contribution in [-0.4, -0.2) is 58.2 Å². The van der Waals surface area contributed by atoms with Crippen LogP contribution in [0.3, 0.4) is 0 Å². The zero-order chi connectivity index (χ0) is 24.3. The van der Waals surface area contributed by atoms with Gasteiger partial charge in [-0.1, -0.05) is 32.0 Å². The minimum Gasteiger partial charge on any atom is -0.496 e. The Hall–Kier alpha value is -2.62. The number of ether oxygens (including phenoxy) is 3. The maximum Gasteiger partial charge on any atom is 0.257 e. The Labute approximate surface area is 201 Å². The number of para-hydroxylation sites is 1. The van der Waals surface area contributed by atoms with Gasteiger partial charge in [0.1, 0.15) is 17.1 Å². The van der Waals surface area contributed by atoms with Crippen LogP contribution in [0.1, 0.15) is 55.1 Å². The van der Waals surface area contributed by atoms with Crippen molar-refractivity contribution < 1.29 is 27.4 Å². The molecule has 0 bridgehead atoms. The normalized spacial score (nSPS) is 19.7. The predicted molar refractivity (Wildman–Crippen MR) is 128 cm³/mol. The second kappa shape index (κ2) is 9.93. The van der Waals surface area contributed by atoms with E-state index in [0.29, 0.717) is 44.2 Å². The number of nitrogens with zero attached hydrogens (tertiary/aromatic N) is 1. The number of hydrogen-bond donors (Lipinski definition) is 1. The Kier molecular flexibility index (Phi) is 7.16. The number of carbonyl (C=O) groups is 1. The fourth-order valence-electron chi connectivity index (χ4n) is 4.62. The summed E-state index contributed by atoms with van der Waals surface area (Å²) in [5.41, 5.74) is 0.580. The molecule has 184 valence electrons. The van der Waals surface area contributed by atoms with Crippen LogP contribution in [0.15, 0.2) is 47.4 Å². The molecule has 0 spiro atoms. The van der Waals surface area contributed by atoms with Crippen molar-refractivity contribution in [3.8, 4) is 11.5 Å². The van der Waals surface area contributed by atoms with Crippen LogP contribution < -0.4 is 14.2 Å². The Morgan fingerprint density at radius 1 is 1.15 bits per heavy atom. The van der Waals surface area contributed by atoms with Gasteiger partial charge in [-0.25, -0.2) is 13.1 Å². The van der Waals surface area contributed by atoms with Crippen LogP contribution in [0.25, 0.3) is 0 Å². The van der Waals surface area contributed by atoms with Crippen LogP contribution in [0, 0.1) is 0 Å². The highest BCUT2D eigenvalue weighted by molar-refractivity contribution is 7.89. The van der Waals surface area contributed by atoms with Crippen molar-refractivity contribution in [2.24, 2.45) is 0 Å². The van der Waals surface area contributed by atoms with Crippen molar-refractivity contribution in [2.45, 2.75) is 49.6 Å². The summed E-state index contributed by atoms with van der Waals surface area (Å²) in [5, 5.41) is 0. The van der Waals surface area contributed by atoms with E-state index in [1.165, 1.54) is 25.3 Å². The van der Waals surface area contributed by atoms with E-state index < -0.39 is 21.7 Å². The van der Waals surface area contributed by atoms with E-state index in [0.717, 1.165) is 18.4 Å². The average Bonchev–Trinajstić information content (AvgIpc) is 2.88. The van der Waals surface area contributed by atoms with E-state index in [4.69, 9.17) is 14.2 Å². The van der Waals surface area contributed by atoms with Gasteiger partial charge in [-0.3, -0.25) is 4.79 Å². The van der Waals surface area contributed by atoms with E-state index in [2.05, 4.69) is 18.6 Å². The molecule has 2 aromatic carbocycles. The molecule has 1 fully saturated rings. The number of carbonyl (C=O) groups excluding carboxylic acids is 1. The van der Waals surface area contributed by atoms with Crippen LogP contribution in [0.4, 0.5) is 0 Å². The summed E-state index contributed by atoms with van der Waals surface area (Å²) in [5.74, 6) is 0.760. The van der Waals surface area contributed by atoms with Gasteiger partial charge in [-0.15, -0.1) is 0 Å². The molecule has 0 aliphatic carbocycles. The first-order valence-electron chi connectivity index (χ1n) is 11.7. The number of nitrogens with one attached hydrogen (secondary N) is 1. The molecule has 1 saturated heterocycles. The van der Waals surface area contributed by atoms with Gasteiger partial charge in [-0.2, -0.15) is 0 Å². The number of hydrogen-bond acceptors (Lipinski definition) is 6. The lowest BCUT2D eigenvalue weighted by Gasteiger charge is -2.41. The van der Waals surface area contributed by atoms with Gasteiger partial charge >= 0.3 is 0 Å². The van der Waals surface area contributed by atoms with Crippen LogP contribution in [0.2, 0.25) is 0 Å². The fourth-order valence-corrected chi connectivity index (χ4v) is 5.86. The summed E-state index contributed by atoms with van der Waals surface area (Å²) in [6.07, 6.45) is 2.04. The van der Waals surface area contributed by atoms with E-state index in [1.807, 2.05) is 24.3 Å². The Morgan fingerprint density at radius 2 is 1.85 bits per heavy atom. The molecule has 34 heavy (non-hydrogen) atoms. The third-order valence-corrected chi connectivity index (χ3v) is 8.26. The van der Waals surface area contributed by atoms with Crippen molar-refractivity contribution in [1.29, 1.82) is 0 Å². The standard InChI is InChI=1S/C25H32N2O6S/c1-4-25(5-2)17-21(19-8-6-7-9-23(19)33-25)26-34(29,30)18-10-11-22(31-3)20(16-18)24(28)27-12-14-32-15-13-27/h6-11,16,21,26H,4-5,12-15,17H2,1-3H3/t21-/m0/s1. The Morgan fingerprint density at radius 3 is 2.53 bits per heavy atom. The first kappa shape index (κ1) is 24.5. The molecule has 0 unspecified atom stereocenters. The number of methoxy groups -OCH3 is 1. The lowest BCUT2D eigenvalue weighted by Crippen LogP contribution is -2.44. The average molecular weight is 489 g/mol. The molecular formula is C25H32N2O6S. The zero-order valence-electron chi connectivity index (χ0n) is 19.9. The second-order valence-electron chi connectivity index (χ2n) is 8.67. The molecule has 4 rings (SSSR count). The summed E-state index contributed by atoms with van der Waals surface area (Å²) in [6, 6.07) is 11.5. The molecule has 2 aliphatic rings. The quantitative estimate of drug-likeness (QED) is 0.641. The van der Waals surface area contributed by atoms with E-state index in [-0.39, 0.29) is 16.4 Å². The van der Waals surface area contributed by atoms with Crippen molar-refractivity contribution in [3.63, 3.8) is 0 Å². The molecular weight excluding hydrogens is 456 g/mol. The third-order valence-electron chi connectivity index (χ3n) is 6.79. The molecule has 0 aromatic heterocycles. The number of benzene rings is 2. The summed E-state index contributed by atoms with van der Waals surface area (Å²) in [7, 11) is -2.47. The summed E-state index contributed by atoms with van der Waals surface area (Å²) < 4.78 is 46.9. The van der Waals surface area contributed by atoms with E-state index in [9.17, 15) is 13.2 Å². The van der Waals surface area contributed by atoms with Crippen molar-refractivity contribution in [2.75, 3.05) is 33.4 Å². The maximum atomic E-state index is 13.5. The maximum absolute atomic E-state index is 13.5. The van der Waals surface area contributed by atoms with Gasteiger partial charge in [0.2, 0.25) is 10.0 Å². The summed E-state index contributed by atoms with van der Waals surface area (Å²) in [4.78, 5) is 14.8. The van der Waals surface area contributed by atoms with Gasteiger partial charge in [0, 0.05) is 25.1 Å². The monoisotopic (exact) mass is 488 g/mol. The topological polar surface area (TPSA) is 94.2 Å². The first-order chi connectivity index (χ1) is 16.3. The molecule has 9 heteroatoms. The van der Waals surface area contributed by atoms with Crippen LogP contribution >= 0.6 is 0 Å². The van der Waals surface area contributed by atoms with Crippen LogP contribution in [0.5, 0.6) is 11.5 Å². The number of amides is 1. The van der Waals surface area contributed by atoms with Gasteiger partial charge in [0.15, 0.2) is 0 Å². The van der Waals surface area contributed by atoms with Crippen LogP contribution in [-0.2, 0) is 14.8 Å². The molecule has 8 nitrogen and oxygen atoms in total. The van der Waals surface area contributed by atoms with Crippen molar-refractivity contribution >= 4 is 15.9 Å². The molecule has 2 heterocycles. The lowest BCUT2D eigenvalue weighted by atomic mass is 9.84. The molecule has 0 saturated carbocycles. The van der Waals surface area contributed by atoms with E-state index in [1.54, 1.807) is 4.90 Å². The number of morpholine rings is 1. The number of sulfonamides is 1. The highest BCUT2D eigenvalue weighted by Gasteiger charge is 2.40. The Bertz CT molecular complexity index is 1140. The van der Waals surface area contributed by atoms with Gasteiger partial charge in [0.25, 0.3) is 5.91 Å². The molecule has 2 aliphatic heterocycles. The molecule has 0 radical (unpaired) electrons. The van der Waals surface area contributed by atoms with E-state index >= 15 is 0 Å². The van der Waals surface area contributed by atoms with Crippen molar-refractivity contribution in [3.05, 3.63) is 53.6 Å². The summed E-state index contributed by atoms with van der Waals surface area (Å²) in [6.45, 7) is 5.91. The number of rotatable bonds is 7. The smallest absolute Gasteiger partial charge is 0.257 e. The first-order valence-corrected chi connectivity index (χ1v) is 13.2. The molecule has 2 aromatic rings. The fraction of sp³-hybridized carbons (Fsp3) is 0.480. The molecule has 1 amide bonds. The largest absolute Gasteiger partial charge is 0.496 e. The lowest BCUT2D eigenvalue weighted by molar-refractivity contribution is 0.0260. The minimum absolute atomic E-state index is 0.0208. The SMILES string of the molecule is CCC1(CC)C[C@H](NS(=O)(=O)c2ccc(OC)c(C(=O)N3CCOCC3)c2)c2ccccc2O1. The highest BCUT2D eigenvalue weighted by Crippen LogP contribution is 2.43. The van der Waals surface area contributed by atoms with Gasteiger partial charge < -0.3 is 19.1 Å². The predicted octanol–water partition coefficient (Wildman–Crippen LogP) is 3.53.